The average Bonchev–Trinajstić information content (AvgIpc) is 1.94. The van der Waals surface area contributed by atoms with E-state index in [9.17, 15) is 4.79 Å². The molecule has 0 aromatic rings. The lowest BCUT2D eigenvalue weighted by molar-refractivity contribution is -0.128. The molecule has 0 saturated carbocycles. The van der Waals surface area contributed by atoms with Crippen molar-refractivity contribution in [3.8, 4) is 12.3 Å². The lowest BCUT2D eigenvalue weighted by Crippen LogP contribution is -2.58. The number of hydrogen-bond donors (Lipinski definition) is 1. The van der Waals surface area contributed by atoms with E-state index in [1.807, 2.05) is 6.92 Å². The minimum atomic E-state index is -0.195. The Hall–Kier alpha value is -1.01. The van der Waals surface area contributed by atoms with Gasteiger partial charge in [0, 0.05) is 19.6 Å². The van der Waals surface area contributed by atoms with Crippen molar-refractivity contribution in [1.82, 2.24) is 10.2 Å². The van der Waals surface area contributed by atoms with Crippen LogP contribution in [0, 0.1) is 12.3 Å². The Morgan fingerprint density at radius 3 is 2.73 bits per heavy atom. The number of terminal acetylenes is 1. The van der Waals surface area contributed by atoms with Crippen LogP contribution in [-0.4, -0.2) is 36.5 Å². The maximum atomic E-state index is 11.0. The molecule has 1 fully saturated rings. The molecular weight excluding hydrogens is 140 g/mol. The van der Waals surface area contributed by atoms with Crippen molar-refractivity contribution in [2.24, 2.45) is 0 Å². The van der Waals surface area contributed by atoms with E-state index in [1.165, 1.54) is 0 Å². The molecule has 3 nitrogen and oxygen atoms in total. The van der Waals surface area contributed by atoms with Crippen LogP contribution < -0.4 is 5.32 Å². The monoisotopic (exact) mass is 152 g/mol. The number of amides is 1. The SMILES string of the molecule is C#CC(=O)N(CC)C1CNC1. The van der Waals surface area contributed by atoms with Crippen LogP contribution in [0.4, 0.5) is 0 Å². The number of likely N-dealkylation sites (N-methyl/N-ethyl adjacent to an activating group) is 1. The van der Waals surface area contributed by atoms with Crippen LogP contribution in [0.5, 0.6) is 0 Å². The van der Waals surface area contributed by atoms with E-state index >= 15 is 0 Å². The largest absolute Gasteiger partial charge is 0.327 e. The Balaban J connectivity index is 2.49. The minimum absolute atomic E-state index is 0.195. The van der Waals surface area contributed by atoms with E-state index in [0.717, 1.165) is 13.1 Å². The van der Waals surface area contributed by atoms with Gasteiger partial charge in [-0.15, -0.1) is 6.42 Å². The molecule has 60 valence electrons. The van der Waals surface area contributed by atoms with Crippen molar-refractivity contribution in [1.29, 1.82) is 0 Å². The fraction of sp³-hybridized carbons (Fsp3) is 0.625. The van der Waals surface area contributed by atoms with Crippen LogP contribution in [-0.2, 0) is 4.79 Å². The lowest BCUT2D eigenvalue weighted by Gasteiger charge is -2.36. The van der Waals surface area contributed by atoms with E-state index in [0.29, 0.717) is 12.6 Å². The van der Waals surface area contributed by atoms with Crippen LogP contribution in [0.15, 0.2) is 0 Å². The third-order valence-electron chi connectivity index (χ3n) is 1.93. The summed E-state index contributed by atoms with van der Waals surface area (Å²) in [5.74, 6) is 1.93. The topological polar surface area (TPSA) is 32.3 Å². The minimum Gasteiger partial charge on any atom is -0.327 e. The summed E-state index contributed by atoms with van der Waals surface area (Å²) in [5, 5.41) is 3.09. The van der Waals surface area contributed by atoms with Crippen molar-refractivity contribution in [2.75, 3.05) is 19.6 Å². The third-order valence-corrected chi connectivity index (χ3v) is 1.93. The van der Waals surface area contributed by atoms with Gasteiger partial charge in [0.05, 0.1) is 6.04 Å². The molecule has 11 heavy (non-hydrogen) atoms. The highest BCUT2D eigenvalue weighted by Crippen LogP contribution is 2.03. The predicted octanol–water partition coefficient (Wildman–Crippen LogP) is -0.560. The number of nitrogens with one attached hydrogen (secondary N) is 1. The number of carbonyl (C=O) groups is 1. The molecule has 0 radical (unpaired) electrons. The van der Waals surface area contributed by atoms with E-state index in [1.54, 1.807) is 4.90 Å². The number of rotatable bonds is 2. The van der Waals surface area contributed by atoms with Crippen molar-refractivity contribution >= 4 is 5.91 Å². The predicted molar refractivity (Wildman–Crippen MR) is 42.9 cm³/mol. The van der Waals surface area contributed by atoms with Crippen LogP contribution >= 0.6 is 0 Å². The maximum Gasteiger partial charge on any atom is 0.298 e. The summed E-state index contributed by atoms with van der Waals surface area (Å²) in [5.41, 5.74) is 0. The van der Waals surface area contributed by atoms with Crippen molar-refractivity contribution in [3.05, 3.63) is 0 Å². The van der Waals surface area contributed by atoms with Gasteiger partial charge in [-0.2, -0.15) is 0 Å². The zero-order chi connectivity index (χ0) is 8.27. The van der Waals surface area contributed by atoms with Crippen LogP contribution in [0.3, 0.4) is 0 Å². The molecule has 0 aromatic carbocycles. The van der Waals surface area contributed by atoms with Gasteiger partial charge >= 0.3 is 0 Å². The molecule has 1 amide bonds. The molecule has 1 heterocycles. The number of hydrogen-bond acceptors (Lipinski definition) is 2. The summed E-state index contributed by atoms with van der Waals surface area (Å²) < 4.78 is 0. The van der Waals surface area contributed by atoms with Gasteiger partial charge in [0.25, 0.3) is 5.91 Å². The first-order valence-electron chi connectivity index (χ1n) is 3.77. The molecule has 0 unspecified atom stereocenters. The van der Waals surface area contributed by atoms with E-state index in [2.05, 4.69) is 11.2 Å². The Morgan fingerprint density at radius 1 is 1.82 bits per heavy atom. The van der Waals surface area contributed by atoms with Crippen molar-refractivity contribution in [3.63, 3.8) is 0 Å². The van der Waals surface area contributed by atoms with Crippen LogP contribution in [0.1, 0.15) is 6.92 Å². The van der Waals surface area contributed by atoms with Gasteiger partial charge in [0.15, 0.2) is 0 Å². The maximum absolute atomic E-state index is 11.0. The first kappa shape index (κ1) is 8.09. The van der Waals surface area contributed by atoms with Gasteiger partial charge < -0.3 is 10.2 Å². The second-order valence-electron chi connectivity index (χ2n) is 2.55. The molecular formula is C8H12N2O. The molecule has 0 aromatic heterocycles. The second-order valence-corrected chi connectivity index (χ2v) is 2.55. The molecule has 0 aliphatic carbocycles. The Labute approximate surface area is 66.8 Å². The van der Waals surface area contributed by atoms with Gasteiger partial charge in [0.1, 0.15) is 0 Å². The van der Waals surface area contributed by atoms with Crippen molar-refractivity contribution in [2.45, 2.75) is 13.0 Å². The van der Waals surface area contributed by atoms with Gasteiger partial charge in [-0.25, -0.2) is 0 Å². The lowest BCUT2D eigenvalue weighted by atomic mass is 10.1. The summed E-state index contributed by atoms with van der Waals surface area (Å²) in [4.78, 5) is 12.8. The zero-order valence-electron chi connectivity index (χ0n) is 6.63. The molecule has 0 bridgehead atoms. The summed E-state index contributed by atoms with van der Waals surface area (Å²) in [6, 6.07) is 0.323. The Morgan fingerprint density at radius 2 is 2.45 bits per heavy atom. The standard InChI is InChI=1S/C8H12N2O/c1-3-8(11)10(4-2)7-5-9-6-7/h1,7,9H,4-6H2,2H3. The highest BCUT2D eigenvalue weighted by atomic mass is 16.2. The Bertz CT molecular complexity index is 191. The van der Waals surface area contributed by atoms with E-state index < -0.39 is 0 Å². The third kappa shape index (κ3) is 1.52. The molecule has 3 heteroatoms. The molecule has 1 N–H and O–H groups in total. The first-order chi connectivity index (χ1) is 5.29. The average molecular weight is 152 g/mol. The van der Waals surface area contributed by atoms with Gasteiger partial charge in [-0.05, 0) is 12.8 Å². The van der Waals surface area contributed by atoms with E-state index in [4.69, 9.17) is 6.42 Å². The van der Waals surface area contributed by atoms with Crippen molar-refractivity contribution < 1.29 is 4.79 Å². The molecule has 1 aliphatic heterocycles. The molecule has 1 rings (SSSR count). The molecule has 0 atom stereocenters. The summed E-state index contributed by atoms with van der Waals surface area (Å²) >= 11 is 0. The van der Waals surface area contributed by atoms with Crippen LogP contribution in [0.2, 0.25) is 0 Å². The summed E-state index contributed by atoms with van der Waals surface area (Å²) in [6.45, 7) is 4.39. The molecule has 1 aliphatic rings. The zero-order valence-corrected chi connectivity index (χ0v) is 6.63. The van der Waals surface area contributed by atoms with Crippen LogP contribution in [0.25, 0.3) is 0 Å². The summed E-state index contributed by atoms with van der Waals surface area (Å²) in [6.07, 6.45) is 5.00. The van der Waals surface area contributed by atoms with E-state index in [-0.39, 0.29) is 5.91 Å². The van der Waals surface area contributed by atoms with Gasteiger partial charge in [0.2, 0.25) is 0 Å². The second kappa shape index (κ2) is 3.40. The first-order valence-corrected chi connectivity index (χ1v) is 3.77. The highest BCUT2D eigenvalue weighted by molar-refractivity contribution is 5.93. The molecule has 0 spiro atoms. The molecule has 1 saturated heterocycles. The summed E-state index contributed by atoms with van der Waals surface area (Å²) in [7, 11) is 0. The fourth-order valence-corrected chi connectivity index (χ4v) is 1.14. The Kier molecular flexibility index (Phi) is 2.50. The van der Waals surface area contributed by atoms with Gasteiger partial charge in [-0.1, -0.05) is 0 Å². The smallest absolute Gasteiger partial charge is 0.298 e. The fourth-order valence-electron chi connectivity index (χ4n) is 1.14. The quantitative estimate of drug-likeness (QED) is 0.538. The highest BCUT2D eigenvalue weighted by Gasteiger charge is 2.25. The number of nitrogens with zero attached hydrogens (tertiary/aromatic N) is 1. The van der Waals surface area contributed by atoms with Gasteiger partial charge in [-0.3, -0.25) is 4.79 Å². The number of carbonyl (C=O) groups excluding carboxylic acids is 1. The normalized spacial score (nSPS) is 16.7.